The summed E-state index contributed by atoms with van der Waals surface area (Å²) in [5.41, 5.74) is 2.50. The van der Waals surface area contributed by atoms with Crippen LogP contribution in [-0.2, 0) is 6.54 Å². The molecule has 0 saturated heterocycles. The Morgan fingerprint density at radius 3 is 2.59 bits per heavy atom. The molecule has 0 bridgehead atoms. The number of benzene rings is 1. The fourth-order valence-electron chi connectivity index (χ4n) is 2.06. The maximum absolute atomic E-state index is 12.3. The highest BCUT2D eigenvalue weighted by Gasteiger charge is 2.16. The van der Waals surface area contributed by atoms with E-state index in [4.69, 9.17) is 0 Å². The van der Waals surface area contributed by atoms with Crippen LogP contribution in [0.3, 0.4) is 0 Å². The van der Waals surface area contributed by atoms with Gasteiger partial charge < -0.3 is 4.90 Å². The van der Waals surface area contributed by atoms with Gasteiger partial charge in [-0.1, -0.05) is 30.3 Å². The molecule has 4 nitrogen and oxygen atoms in total. The Bertz CT molecular complexity index is 780. The Kier molecular flexibility index (Phi) is 4.31. The zero-order chi connectivity index (χ0) is 15.5. The summed E-state index contributed by atoms with van der Waals surface area (Å²) < 4.78 is 0. The lowest BCUT2D eigenvalue weighted by Gasteiger charge is -2.14. The Balaban J connectivity index is 1.71. The molecule has 6 heteroatoms. The molecular weight excluding hydrogens is 314 g/mol. The van der Waals surface area contributed by atoms with Gasteiger partial charge >= 0.3 is 0 Å². The molecular formula is C16H15N3OS2. The van der Waals surface area contributed by atoms with Crippen molar-refractivity contribution in [2.24, 2.45) is 0 Å². The van der Waals surface area contributed by atoms with Gasteiger partial charge in [0.05, 0.1) is 17.2 Å². The minimum Gasteiger partial charge on any atom is -0.334 e. The molecule has 0 aliphatic heterocycles. The number of amides is 1. The van der Waals surface area contributed by atoms with Crippen LogP contribution in [0.1, 0.15) is 21.2 Å². The van der Waals surface area contributed by atoms with Crippen LogP contribution in [0.5, 0.6) is 0 Å². The first-order valence-electron chi connectivity index (χ1n) is 6.81. The second-order valence-corrected chi connectivity index (χ2v) is 6.84. The van der Waals surface area contributed by atoms with E-state index in [1.165, 1.54) is 11.3 Å². The summed E-state index contributed by atoms with van der Waals surface area (Å²) in [6.07, 6.45) is 0. The highest BCUT2D eigenvalue weighted by molar-refractivity contribution is 7.13. The summed E-state index contributed by atoms with van der Waals surface area (Å²) in [4.78, 5) is 22.8. The van der Waals surface area contributed by atoms with Crippen LogP contribution in [0.15, 0.2) is 41.1 Å². The monoisotopic (exact) mass is 329 g/mol. The van der Waals surface area contributed by atoms with Crippen LogP contribution in [-0.4, -0.2) is 27.8 Å². The fraction of sp³-hybridized carbons (Fsp3) is 0.188. The van der Waals surface area contributed by atoms with Gasteiger partial charge in [0, 0.05) is 23.4 Å². The van der Waals surface area contributed by atoms with Gasteiger partial charge in [0.2, 0.25) is 0 Å². The van der Waals surface area contributed by atoms with E-state index in [9.17, 15) is 4.79 Å². The van der Waals surface area contributed by atoms with Crippen LogP contribution < -0.4 is 0 Å². The Labute approximate surface area is 137 Å². The predicted octanol–water partition coefficient (Wildman–Crippen LogP) is 3.85. The fourth-order valence-corrected chi connectivity index (χ4v) is 3.47. The molecule has 0 saturated carbocycles. The summed E-state index contributed by atoms with van der Waals surface area (Å²) in [5, 5.41) is 5.67. The minimum absolute atomic E-state index is 0.0707. The number of hydrogen-bond donors (Lipinski definition) is 0. The molecule has 0 radical (unpaired) electrons. The van der Waals surface area contributed by atoms with E-state index in [2.05, 4.69) is 9.97 Å². The summed E-state index contributed by atoms with van der Waals surface area (Å²) >= 11 is 3.08. The number of hydrogen-bond acceptors (Lipinski definition) is 5. The number of rotatable bonds is 4. The number of carbonyl (C=O) groups is 1. The highest BCUT2D eigenvalue weighted by atomic mass is 32.1. The number of aryl methyl sites for hydroxylation is 1. The average molecular weight is 329 g/mol. The third-order valence-corrected chi connectivity index (χ3v) is 4.87. The second-order valence-electron chi connectivity index (χ2n) is 4.92. The van der Waals surface area contributed by atoms with Gasteiger partial charge in [0.15, 0.2) is 0 Å². The van der Waals surface area contributed by atoms with Gasteiger partial charge in [-0.15, -0.1) is 22.7 Å². The van der Waals surface area contributed by atoms with E-state index in [-0.39, 0.29) is 5.91 Å². The number of thiazole rings is 2. The quantitative estimate of drug-likeness (QED) is 0.730. The maximum Gasteiger partial charge on any atom is 0.273 e. The Morgan fingerprint density at radius 2 is 1.91 bits per heavy atom. The van der Waals surface area contributed by atoms with E-state index in [0.717, 1.165) is 21.3 Å². The van der Waals surface area contributed by atoms with Gasteiger partial charge in [0.1, 0.15) is 10.7 Å². The van der Waals surface area contributed by atoms with Crippen LogP contribution >= 0.6 is 22.7 Å². The summed E-state index contributed by atoms with van der Waals surface area (Å²) in [5.74, 6) is -0.0707. The topological polar surface area (TPSA) is 46.1 Å². The van der Waals surface area contributed by atoms with Crippen molar-refractivity contribution in [3.05, 3.63) is 57.5 Å². The van der Waals surface area contributed by atoms with Gasteiger partial charge in [-0.25, -0.2) is 9.97 Å². The van der Waals surface area contributed by atoms with Crippen LogP contribution in [0.25, 0.3) is 10.6 Å². The number of nitrogens with zero attached hydrogens (tertiary/aromatic N) is 3. The first-order valence-corrected chi connectivity index (χ1v) is 8.57. The highest BCUT2D eigenvalue weighted by Crippen LogP contribution is 2.24. The van der Waals surface area contributed by atoms with E-state index in [1.807, 2.05) is 42.6 Å². The van der Waals surface area contributed by atoms with Crippen molar-refractivity contribution in [2.45, 2.75) is 13.5 Å². The second kappa shape index (κ2) is 6.37. The van der Waals surface area contributed by atoms with E-state index in [0.29, 0.717) is 12.2 Å². The van der Waals surface area contributed by atoms with Gasteiger partial charge in [0.25, 0.3) is 5.91 Å². The van der Waals surface area contributed by atoms with Crippen molar-refractivity contribution in [1.82, 2.24) is 14.9 Å². The summed E-state index contributed by atoms with van der Waals surface area (Å²) in [6, 6.07) is 10.1. The molecule has 112 valence electrons. The molecule has 1 amide bonds. The Hall–Kier alpha value is -2.05. The van der Waals surface area contributed by atoms with Crippen LogP contribution in [0.4, 0.5) is 0 Å². The van der Waals surface area contributed by atoms with E-state index < -0.39 is 0 Å². The molecule has 3 rings (SSSR count). The number of carbonyl (C=O) groups excluding carboxylic acids is 1. The van der Waals surface area contributed by atoms with Gasteiger partial charge in [-0.3, -0.25) is 4.79 Å². The third-order valence-electron chi connectivity index (χ3n) is 3.16. The zero-order valence-corrected chi connectivity index (χ0v) is 13.9. The molecule has 0 fully saturated rings. The van der Waals surface area contributed by atoms with Crippen molar-refractivity contribution in [3.63, 3.8) is 0 Å². The molecule has 0 atom stereocenters. The molecule has 2 heterocycles. The number of aromatic nitrogens is 2. The largest absolute Gasteiger partial charge is 0.334 e. The van der Waals surface area contributed by atoms with Crippen molar-refractivity contribution in [2.75, 3.05) is 7.05 Å². The summed E-state index contributed by atoms with van der Waals surface area (Å²) in [6.45, 7) is 2.38. The van der Waals surface area contributed by atoms with Crippen molar-refractivity contribution in [3.8, 4) is 10.6 Å². The first-order chi connectivity index (χ1) is 10.6. The van der Waals surface area contributed by atoms with Gasteiger partial charge in [-0.2, -0.15) is 0 Å². The molecule has 3 aromatic rings. The molecule has 0 N–H and O–H groups in total. The lowest BCUT2D eigenvalue weighted by molar-refractivity contribution is 0.0778. The first kappa shape index (κ1) is 14.9. The Morgan fingerprint density at radius 1 is 1.14 bits per heavy atom. The SMILES string of the molecule is Cc1nc(C(=O)N(C)Cc2csc(-c3ccccc3)n2)cs1. The maximum atomic E-state index is 12.3. The van der Waals surface area contributed by atoms with Crippen molar-refractivity contribution >= 4 is 28.6 Å². The van der Waals surface area contributed by atoms with Crippen LogP contribution in [0.2, 0.25) is 0 Å². The predicted molar refractivity (Wildman–Crippen MR) is 90.2 cm³/mol. The molecule has 2 aromatic heterocycles. The van der Waals surface area contributed by atoms with Crippen molar-refractivity contribution in [1.29, 1.82) is 0 Å². The molecule has 1 aromatic carbocycles. The smallest absolute Gasteiger partial charge is 0.273 e. The molecule has 0 aliphatic rings. The van der Waals surface area contributed by atoms with Gasteiger partial charge in [-0.05, 0) is 6.92 Å². The molecule has 0 aliphatic carbocycles. The molecule has 0 spiro atoms. The van der Waals surface area contributed by atoms with Crippen LogP contribution in [0, 0.1) is 6.92 Å². The lowest BCUT2D eigenvalue weighted by atomic mass is 10.2. The molecule has 22 heavy (non-hydrogen) atoms. The third kappa shape index (κ3) is 3.23. The normalized spacial score (nSPS) is 10.6. The lowest BCUT2D eigenvalue weighted by Crippen LogP contribution is -2.26. The van der Waals surface area contributed by atoms with E-state index >= 15 is 0 Å². The minimum atomic E-state index is -0.0707. The summed E-state index contributed by atoms with van der Waals surface area (Å²) in [7, 11) is 1.78. The standard InChI is InChI=1S/C16H15N3OS2/c1-11-17-14(10-21-11)16(20)19(2)8-13-9-22-15(18-13)12-6-4-3-5-7-12/h3-7,9-10H,8H2,1-2H3. The van der Waals surface area contributed by atoms with E-state index in [1.54, 1.807) is 28.7 Å². The molecule has 0 unspecified atom stereocenters. The average Bonchev–Trinajstić information content (AvgIpc) is 3.16. The van der Waals surface area contributed by atoms with Crippen molar-refractivity contribution < 1.29 is 4.79 Å². The zero-order valence-electron chi connectivity index (χ0n) is 12.3.